The molecule has 0 saturated carbocycles. The maximum atomic E-state index is 2.52. The lowest BCUT2D eigenvalue weighted by Crippen LogP contribution is -2.15. The van der Waals surface area contributed by atoms with E-state index in [0.29, 0.717) is 0 Å². The van der Waals surface area contributed by atoms with Crippen molar-refractivity contribution in [3.8, 4) is 16.8 Å². The highest BCUT2D eigenvalue weighted by Crippen LogP contribution is 2.52. The van der Waals surface area contributed by atoms with Crippen molar-refractivity contribution in [3.63, 3.8) is 0 Å². The Kier molecular flexibility index (Phi) is 5.24. The minimum absolute atomic E-state index is 0.0943. The van der Waals surface area contributed by atoms with E-state index in [1.165, 1.54) is 81.1 Å². The van der Waals surface area contributed by atoms with Gasteiger partial charge in [-0.25, -0.2) is 0 Å². The van der Waals surface area contributed by atoms with E-state index < -0.39 is 0 Å². The Balaban J connectivity index is 1.45. The molecule has 2 aromatic heterocycles. The third-order valence-corrected chi connectivity index (χ3v) is 10.2. The molecule has 1 aliphatic rings. The van der Waals surface area contributed by atoms with Crippen LogP contribution in [0, 0.1) is 0 Å². The number of benzene rings is 5. The first-order valence-electron chi connectivity index (χ1n) is 14.4. The van der Waals surface area contributed by atoms with Gasteiger partial charge < -0.3 is 4.57 Å². The van der Waals surface area contributed by atoms with E-state index in [4.69, 9.17) is 0 Å². The van der Waals surface area contributed by atoms with E-state index in [1.807, 2.05) is 11.3 Å². The smallest absolute Gasteiger partial charge is 0.0555 e. The fourth-order valence-corrected chi connectivity index (χ4v) is 8.24. The molecule has 1 aliphatic carbocycles. The van der Waals surface area contributed by atoms with Crippen molar-refractivity contribution in [2.24, 2.45) is 0 Å². The average Bonchev–Trinajstić information content (AvgIpc) is 3.60. The summed E-state index contributed by atoms with van der Waals surface area (Å²) < 4.78 is 5.20. The van der Waals surface area contributed by atoms with Crippen LogP contribution in [-0.2, 0) is 5.41 Å². The Labute approximate surface area is 244 Å². The van der Waals surface area contributed by atoms with Crippen molar-refractivity contribution < 1.29 is 0 Å². The van der Waals surface area contributed by atoms with Crippen LogP contribution in [0.5, 0.6) is 0 Å². The van der Waals surface area contributed by atoms with Crippen LogP contribution in [0.4, 0.5) is 0 Å². The number of thiophene rings is 1. The second-order valence-corrected chi connectivity index (χ2v) is 12.7. The fraction of sp³-hybridized carbons (Fsp3) is 0.128. The first-order chi connectivity index (χ1) is 20.0. The van der Waals surface area contributed by atoms with Crippen molar-refractivity contribution in [1.82, 2.24) is 4.57 Å². The molecule has 0 bridgehead atoms. The van der Waals surface area contributed by atoms with Gasteiger partial charge in [0, 0.05) is 41.9 Å². The quantitative estimate of drug-likeness (QED) is 0.195. The van der Waals surface area contributed by atoms with Gasteiger partial charge in [-0.1, -0.05) is 92.7 Å². The molecule has 7 aromatic rings. The maximum absolute atomic E-state index is 2.52. The van der Waals surface area contributed by atoms with E-state index in [-0.39, 0.29) is 5.41 Å². The summed E-state index contributed by atoms with van der Waals surface area (Å²) in [6, 6.07) is 36.5. The highest BCUT2D eigenvalue weighted by atomic mass is 32.1. The Morgan fingerprint density at radius 3 is 2.32 bits per heavy atom. The Morgan fingerprint density at radius 1 is 0.683 bits per heavy atom. The fourth-order valence-electron chi connectivity index (χ4n) is 7.12. The number of nitrogens with zero attached hydrogens (tertiary/aromatic N) is 1. The van der Waals surface area contributed by atoms with E-state index in [0.717, 1.165) is 0 Å². The Morgan fingerprint density at radius 2 is 1.49 bits per heavy atom. The molecule has 41 heavy (non-hydrogen) atoms. The van der Waals surface area contributed by atoms with E-state index in [1.54, 1.807) is 0 Å². The molecule has 8 rings (SSSR count). The molecule has 5 aromatic carbocycles. The summed E-state index contributed by atoms with van der Waals surface area (Å²) >= 11 is 1.89. The molecule has 0 atom stereocenters. The molecule has 1 nitrogen and oxygen atoms in total. The van der Waals surface area contributed by atoms with Gasteiger partial charge in [-0.05, 0) is 78.1 Å². The SMILES string of the molecule is C/C=C\C(=C/C)c1ccc2c(c1)C(C)(C)c1cccc(-n3c4ccccc4c4cc5c(cc43)sc3ccccc35)c1-2. The predicted octanol–water partition coefficient (Wildman–Crippen LogP) is 11.4. The van der Waals surface area contributed by atoms with Crippen LogP contribution in [0.25, 0.3) is 64.4 Å². The molecule has 0 fully saturated rings. The van der Waals surface area contributed by atoms with Crippen LogP contribution in [0.2, 0.25) is 0 Å². The third-order valence-electron chi connectivity index (χ3n) is 9.08. The second kappa shape index (κ2) is 8.80. The van der Waals surface area contributed by atoms with E-state index >= 15 is 0 Å². The molecule has 198 valence electrons. The minimum Gasteiger partial charge on any atom is -0.309 e. The number of allylic oxidation sites excluding steroid dienone is 4. The van der Waals surface area contributed by atoms with Crippen molar-refractivity contribution >= 4 is 58.9 Å². The summed E-state index contributed by atoms with van der Waals surface area (Å²) in [5.41, 5.74) is 11.7. The van der Waals surface area contributed by atoms with Crippen LogP contribution in [-0.4, -0.2) is 4.57 Å². The summed E-state index contributed by atoms with van der Waals surface area (Å²) in [4.78, 5) is 0. The molecule has 0 radical (unpaired) electrons. The van der Waals surface area contributed by atoms with Crippen molar-refractivity contribution in [2.75, 3.05) is 0 Å². The van der Waals surface area contributed by atoms with Gasteiger partial charge in [0.2, 0.25) is 0 Å². The number of hydrogen-bond acceptors (Lipinski definition) is 1. The zero-order valence-electron chi connectivity index (χ0n) is 23.8. The van der Waals surface area contributed by atoms with Gasteiger partial charge in [0.1, 0.15) is 0 Å². The molecule has 0 saturated heterocycles. The highest BCUT2D eigenvalue weighted by Gasteiger charge is 2.37. The van der Waals surface area contributed by atoms with Gasteiger partial charge in [0.15, 0.2) is 0 Å². The van der Waals surface area contributed by atoms with E-state index in [9.17, 15) is 0 Å². The average molecular weight is 546 g/mol. The van der Waals surface area contributed by atoms with Gasteiger partial charge in [-0.3, -0.25) is 0 Å². The summed E-state index contributed by atoms with van der Waals surface area (Å²) in [6.07, 6.45) is 6.53. The second-order valence-electron chi connectivity index (χ2n) is 11.6. The topological polar surface area (TPSA) is 4.93 Å². The zero-order valence-corrected chi connectivity index (χ0v) is 24.6. The summed E-state index contributed by atoms with van der Waals surface area (Å²) in [5, 5.41) is 5.30. The standard InChI is InChI=1S/C39H31NS/c1-5-12-24(6-2)25-19-20-28-32(21-25)39(3,4)31-15-11-17-34(38(28)31)40-33-16-9-7-13-26(33)29-22-30-27-14-8-10-18-36(27)41-37(30)23-35(29)40/h5-23H,1-4H3/b12-5-,24-6+. The first kappa shape index (κ1) is 24.4. The maximum Gasteiger partial charge on any atom is 0.0555 e. The van der Waals surface area contributed by atoms with Gasteiger partial charge in [0.25, 0.3) is 0 Å². The molecule has 2 heteroatoms. The van der Waals surface area contributed by atoms with Crippen molar-refractivity contribution in [2.45, 2.75) is 33.1 Å². The number of fused-ring (bicyclic) bond motifs is 9. The lowest BCUT2D eigenvalue weighted by molar-refractivity contribution is 0.660. The Bertz CT molecular complexity index is 2250. The molecular weight excluding hydrogens is 515 g/mol. The van der Waals surface area contributed by atoms with Gasteiger partial charge >= 0.3 is 0 Å². The van der Waals surface area contributed by atoms with Gasteiger partial charge in [-0.2, -0.15) is 0 Å². The largest absolute Gasteiger partial charge is 0.309 e. The molecular formula is C39H31NS. The monoisotopic (exact) mass is 545 g/mol. The number of aromatic nitrogens is 1. The Hall–Kier alpha value is -4.40. The molecule has 2 heterocycles. The zero-order chi connectivity index (χ0) is 27.9. The van der Waals surface area contributed by atoms with Crippen LogP contribution in [0.15, 0.2) is 115 Å². The van der Waals surface area contributed by atoms with Crippen LogP contribution >= 0.6 is 11.3 Å². The van der Waals surface area contributed by atoms with Crippen molar-refractivity contribution in [3.05, 3.63) is 132 Å². The lowest BCUT2D eigenvalue weighted by Gasteiger charge is -2.22. The van der Waals surface area contributed by atoms with Gasteiger partial charge in [-0.15, -0.1) is 11.3 Å². The summed E-state index contributed by atoms with van der Waals surface area (Å²) in [6.45, 7) is 8.96. The van der Waals surface area contributed by atoms with E-state index in [2.05, 4.69) is 148 Å². The van der Waals surface area contributed by atoms with Crippen LogP contribution in [0.1, 0.15) is 44.4 Å². The summed E-state index contributed by atoms with van der Waals surface area (Å²) in [7, 11) is 0. The molecule has 0 N–H and O–H groups in total. The van der Waals surface area contributed by atoms with Crippen molar-refractivity contribution in [1.29, 1.82) is 0 Å². The molecule has 0 amide bonds. The molecule has 0 aliphatic heterocycles. The van der Waals surface area contributed by atoms with Crippen LogP contribution < -0.4 is 0 Å². The normalized spacial score (nSPS) is 14.6. The third kappa shape index (κ3) is 3.35. The van der Waals surface area contributed by atoms with Gasteiger partial charge in [0.05, 0.1) is 16.7 Å². The molecule has 0 unspecified atom stereocenters. The van der Waals surface area contributed by atoms with Crippen LogP contribution in [0.3, 0.4) is 0 Å². The number of para-hydroxylation sites is 1. The number of hydrogen-bond donors (Lipinski definition) is 0. The summed E-state index contributed by atoms with van der Waals surface area (Å²) in [5.74, 6) is 0. The molecule has 0 spiro atoms. The number of rotatable bonds is 3. The predicted molar refractivity (Wildman–Crippen MR) is 180 cm³/mol. The highest BCUT2D eigenvalue weighted by molar-refractivity contribution is 7.25. The first-order valence-corrected chi connectivity index (χ1v) is 15.3. The minimum atomic E-state index is -0.0943. The lowest BCUT2D eigenvalue weighted by atomic mass is 9.81.